The third-order valence-corrected chi connectivity index (χ3v) is 5.41. The fraction of sp³-hybridized carbons (Fsp3) is 0.458. The van der Waals surface area contributed by atoms with Gasteiger partial charge >= 0.3 is 5.97 Å². The Morgan fingerprint density at radius 3 is 2.14 bits per heavy atom. The van der Waals surface area contributed by atoms with Crippen LogP contribution in [0.2, 0.25) is 0 Å². The Morgan fingerprint density at radius 1 is 0.944 bits per heavy atom. The number of nitrogens with two attached hydrogens (primary N) is 1. The molecular weight excluding hydrogens is 468 g/mol. The number of carbonyl (C=O) groups is 4. The van der Waals surface area contributed by atoms with E-state index in [4.69, 9.17) is 5.73 Å². The highest BCUT2D eigenvalue weighted by molar-refractivity contribution is 5.94. The van der Waals surface area contributed by atoms with Gasteiger partial charge in [0.15, 0.2) is 0 Å². The van der Waals surface area contributed by atoms with Gasteiger partial charge in [-0.05, 0) is 37.0 Å². The van der Waals surface area contributed by atoms with Crippen LogP contribution in [0.1, 0.15) is 38.4 Å². The molecule has 1 aromatic heterocycles. The zero-order valence-corrected chi connectivity index (χ0v) is 20.5. The van der Waals surface area contributed by atoms with E-state index in [9.17, 15) is 29.4 Å². The maximum atomic E-state index is 12.9. The Morgan fingerprint density at radius 2 is 1.58 bits per heavy atom. The van der Waals surface area contributed by atoms with Crippen LogP contribution in [-0.2, 0) is 32.0 Å². The number of phenols is 1. The molecule has 196 valence electrons. The molecule has 0 bridgehead atoms. The highest BCUT2D eigenvalue weighted by Crippen LogP contribution is 2.12. The number of aliphatic carboxylic acids is 1. The zero-order valence-electron chi connectivity index (χ0n) is 20.5. The molecule has 0 spiro atoms. The van der Waals surface area contributed by atoms with Gasteiger partial charge in [-0.15, -0.1) is 0 Å². The van der Waals surface area contributed by atoms with Crippen LogP contribution in [0.3, 0.4) is 0 Å². The Bertz CT molecular complexity index is 1020. The summed E-state index contributed by atoms with van der Waals surface area (Å²) in [7, 11) is 0. The van der Waals surface area contributed by atoms with Gasteiger partial charge in [0.25, 0.3) is 0 Å². The summed E-state index contributed by atoms with van der Waals surface area (Å²) in [6, 6.07) is 1.79. The van der Waals surface area contributed by atoms with Crippen molar-refractivity contribution in [1.82, 2.24) is 25.9 Å². The topological polar surface area (TPSA) is 200 Å². The molecule has 36 heavy (non-hydrogen) atoms. The molecule has 2 aromatic rings. The lowest BCUT2D eigenvalue weighted by molar-refractivity contribution is -0.142. The second kappa shape index (κ2) is 13.2. The number of amides is 3. The number of hydrogen-bond acceptors (Lipinski definition) is 7. The molecule has 0 fully saturated rings. The molecule has 0 saturated carbocycles. The van der Waals surface area contributed by atoms with Crippen molar-refractivity contribution in [3.05, 3.63) is 48.0 Å². The molecule has 4 unspecified atom stereocenters. The van der Waals surface area contributed by atoms with Crippen LogP contribution in [0, 0.1) is 5.92 Å². The fourth-order valence-electron chi connectivity index (χ4n) is 3.45. The third kappa shape index (κ3) is 9.02. The van der Waals surface area contributed by atoms with Crippen molar-refractivity contribution in [2.75, 3.05) is 0 Å². The van der Waals surface area contributed by atoms with Crippen molar-refractivity contribution in [1.29, 1.82) is 0 Å². The van der Waals surface area contributed by atoms with E-state index in [0.29, 0.717) is 17.7 Å². The number of carboxylic acid groups (broad SMARTS) is 1. The second-order valence-electron chi connectivity index (χ2n) is 9.08. The molecule has 12 nitrogen and oxygen atoms in total. The number of rotatable bonds is 13. The highest BCUT2D eigenvalue weighted by atomic mass is 16.4. The average molecular weight is 503 g/mol. The average Bonchev–Trinajstić information content (AvgIpc) is 3.31. The van der Waals surface area contributed by atoms with Crippen LogP contribution in [0.15, 0.2) is 36.8 Å². The molecule has 4 atom stereocenters. The third-order valence-electron chi connectivity index (χ3n) is 5.41. The predicted octanol–water partition coefficient (Wildman–Crippen LogP) is -0.167. The highest BCUT2D eigenvalue weighted by Gasteiger charge is 2.29. The maximum absolute atomic E-state index is 12.9. The van der Waals surface area contributed by atoms with Gasteiger partial charge in [-0.1, -0.05) is 26.0 Å². The monoisotopic (exact) mass is 502 g/mol. The van der Waals surface area contributed by atoms with Crippen molar-refractivity contribution in [2.24, 2.45) is 11.7 Å². The second-order valence-corrected chi connectivity index (χ2v) is 9.08. The first-order chi connectivity index (χ1) is 17.0. The standard InChI is InChI=1S/C24H34N6O6/c1-13(2)8-19(29-22(33)18(25)10-16-11-26-12-27-16)23(34)28-14(3)21(32)30-20(24(35)36)9-15-4-6-17(31)7-5-15/h4-7,11-14,18-20,31H,8-10,25H2,1-3H3,(H,26,27)(H,28,34)(H,29,33)(H,30,32)(H,35,36). The van der Waals surface area contributed by atoms with Crippen molar-refractivity contribution < 1.29 is 29.4 Å². The number of H-pyrrole nitrogens is 1. The number of benzene rings is 1. The lowest BCUT2D eigenvalue weighted by Crippen LogP contribution is -2.57. The number of nitrogens with one attached hydrogen (secondary N) is 4. The summed E-state index contributed by atoms with van der Waals surface area (Å²) in [5.74, 6) is -2.96. The SMILES string of the molecule is CC(C)CC(NC(=O)C(N)Cc1cnc[nH]1)C(=O)NC(C)C(=O)NC(Cc1ccc(O)cc1)C(=O)O. The Hall–Kier alpha value is -3.93. The number of nitrogens with zero attached hydrogens (tertiary/aromatic N) is 1. The minimum atomic E-state index is -1.24. The maximum Gasteiger partial charge on any atom is 0.326 e. The molecule has 0 aliphatic heterocycles. The van der Waals surface area contributed by atoms with Gasteiger partial charge in [0.2, 0.25) is 17.7 Å². The number of hydrogen-bond donors (Lipinski definition) is 7. The summed E-state index contributed by atoms with van der Waals surface area (Å²) in [6.45, 7) is 5.19. The van der Waals surface area contributed by atoms with Crippen LogP contribution >= 0.6 is 0 Å². The molecule has 0 aliphatic rings. The minimum Gasteiger partial charge on any atom is -0.508 e. The van der Waals surface area contributed by atoms with Crippen LogP contribution in [0.4, 0.5) is 0 Å². The molecule has 8 N–H and O–H groups in total. The lowest BCUT2D eigenvalue weighted by atomic mass is 10.0. The van der Waals surface area contributed by atoms with Crippen molar-refractivity contribution >= 4 is 23.7 Å². The first-order valence-electron chi connectivity index (χ1n) is 11.6. The molecule has 0 saturated heterocycles. The van der Waals surface area contributed by atoms with Crippen molar-refractivity contribution in [2.45, 2.75) is 64.2 Å². The smallest absolute Gasteiger partial charge is 0.326 e. The normalized spacial score (nSPS) is 14.4. The largest absolute Gasteiger partial charge is 0.508 e. The number of aromatic nitrogens is 2. The molecule has 1 heterocycles. The number of phenolic OH excluding ortho intramolecular Hbond substituents is 1. The Balaban J connectivity index is 1.98. The lowest BCUT2D eigenvalue weighted by Gasteiger charge is -2.24. The van der Waals surface area contributed by atoms with Crippen LogP contribution in [-0.4, -0.2) is 68.0 Å². The van der Waals surface area contributed by atoms with E-state index in [0.717, 1.165) is 0 Å². The van der Waals surface area contributed by atoms with E-state index in [-0.39, 0.29) is 24.5 Å². The molecule has 12 heteroatoms. The number of aromatic hydroxyl groups is 1. The van der Waals surface area contributed by atoms with Gasteiger partial charge in [-0.25, -0.2) is 9.78 Å². The van der Waals surface area contributed by atoms with Gasteiger partial charge in [-0.2, -0.15) is 0 Å². The minimum absolute atomic E-state index is 0.0116. The molecule has 3 amide bonds. The summed E-state index contributed by atoms with van der Waals surface area (Å²) >= 11 is 0. The number of carboxylic acids is 1. The zero-order chi connectivity index (χ0) is 26.8. The quantitative estimate of drug-likeness (QED) is 0.196. The van der Waals surface area contributed by atoms with Crippen molar-refractivity contribution in [3.63, 3.8) is 0 Å². The van der Waals surface area contributed by atoms with E-state index < -0.39 is 47.9 Å². The van der Waals surface area contributed by atoms with E-state index in [1.165, 1.54) is 25.4 Å². The van der Waals surface area contributed by atoms with Crippen LogP contribution in [0.25, 0.3) is 0 Å². The van der Waals surface area contributed by atoms with Crippen molar-refractivity contribution in [3.8, 4) is 5.75 Å². The summed E-state index contributed by atoms with van der Waals surface area (Å²) in [5, 5.41) is 26.5. The Labute approximate surface area is 209 Å². The van der Waals surface area contributed by atoms with Gasteiger partial charge < -0.3 is 36.9 Å². The summed E-state index contributed by atoms with van der Waals surface area (Å²) in [4.78, 5) is 56.5. The van der Waals surface area contributed by atoms with E-state index in [1.807, 2.05) is 13.8 Å². The summed E-state index contributed by atoms with van der Waals surface area (Å²) in [5.41, 5.74) is 7.24. The Kier molecular flexibility index (Phi) is 10.4. The summed E-state index contributed by atoms with van der Waals surface area (Å²) in [6.07, 6.45) is 3.53. The molecular formula is C24H34N6O6. The van der Waals surface area contributed by atoms with Crippen LogP contribution < -0.4 is 21.7 Å². The summed E-state index contributed by atoms with van der Waals surface area (Å²) < 4.78 is 0. The van der Waals surface area contributed by atoms with Gasteiger partial charge in [0.1, 0.15) is 23.9 Å². The first kappa shape index (κ1) is 28.3. The van der Waals surface area contributed by atoms with Gasteiger partial charge in [0, 0.05) is 24.7 Å². The van der Waals surface area contributed by atoms with E-state index in [1.54, 1.807) is 18.3 Å². The van der Waals surface area contributed by atoms with Gasteiger partial charge in [-0.3, -0.25) is 14.4 Å². The molecule has 2 rings (SSSR count). The van der Waals surface area contributed by atoms with E-state index in [2.05, 4.69) is 25.9 Å². The first-order valence-corrected chi connectivity index (χ1v) is 11.6. The number of carbonyl (C=O) groups excluding carboxylic acids is 3. The van der Waals surface area contributed by atoms with Gasteiger partial charge in [0.05, 0.1) is 12.4 Å². The molecule has 0 radical (unpaired) electrons. The predicted molar refractivity (Wildman–Crippen MR) is 131 cm³/mol. The molecule has 0 aliphatic carbocycles. The molecule has 1 aromatic carbocycles. The number of aromatic amines is 1. The van der Waals surface area contributed by atoms with E-state index >= 15 is 0 Å². The number of imidazole rings is 1. The van der Waals surface area contributed by atoms with Crippen LogP contribution in [0.5, 0.6) is 5.75 Å². The fourth-order valence-corrected chi connectivity index (χ4v) is 3.45.